The highest BCUT2D eigenvalue weighted by Crippen LogP contribution is 2.30. The van der Waals surface area contributed by atoms with Crippen LogP contribution in [0.1, 0.15) is 38.5 Å². The quantitative estimate of drug-likeness (QED) is 0.516. The van der Waals surface area contributed by atoms with Crippen LogP contribution in [0.2, 0.25) is 0 Å². The molecule has 0 fully saturated rings. The molecule has 3 rings (SSSR count). The Balaban J connectivity index is 1.54. The fraction of sp³-hybridized carbons (Fsp3) is 0.211. The Morgan fingerprint density at radius 2 is 1.93 bits per heavy atom. The molecule has 0 atom stereocenters. The van der Waals surface area contributed by atoms with Gasteiger partial charge in [0, 0.05) is 30.3 Å². The van der Waals surface area contributed by atoms with E-state index in [1.807, 2.05) is 0 Å². The van der Waals surface area contributed by atoms with Crippen LogP contribution in [0.15, 0.2) is 48.0 Å². The molecule has 0 unspecified atom stereocenters. The highest BCUT2D eigenvalue weighted by Gasteiger charge is 2.30. The highest BCUT2D eigenvalue weighted by atomic mass is 32.1. The van der Waals surface area contributed by atoms with E-state index < -0.39 is 11.7 Å². The molecular formula is C19H15F3N2O2S2. The van der Waals surface area contributed by atoms with Gasteiger partial charge in [0.15, 0.2) is 10.9 Å². The number of carbonyl (C=O) groups excluding carboxylic acids is 2. The van der Waals surface area contributed by atoms with Crippen LogP contribution in [0, 0.1) is 0 Å². The van der Waals surface area contributed by atoms with Crippen molar-refractivity contribution >= 4 is 39.5 Å². The lowest BCUT2D eigenvalue weighted by atomic mass is 10.1. The first kappa shape index (κ1) is 20.2. The molecule has 4 nitrogen and oxygen atoms in total. The predicted octanol–water partition coefficient (Wildman–Crippen LogP) is 5.42. The molecule has 146 valence electrons. The monoisotopic (exact) mass is 424 g/mol. The van der Waals surface area contributed by atoms with E-state index in [1.54, 1.807) is 23.6 Å². The summed E-state index contributed by atoms with van der Waals surface area (Å²) in [6, 6.07) is 8.61. The van der Waals surface area contributed by atoms with Crippen LogP contribution in [0.4, 0.5) is 18.3 Å². The minimum atomic E-state index is -4.39. The second-order valence-corrected chi connectivity index (χ2v) is 8.02. The normalized spacial score (nSPS) is 11.4. The third kappa shape index (κ3) is 5.49. The van der Waals surface area contributed by atoms with Gasteiger partial charge < -0.3 is 5.32 Å². The molecular weight excluding hydrogens is 409 g/mol. The Labute approximate surface area is 167 Å². The number of nitrogens with one attached hydrogen (secondary N) is 1. The predicted molar refractivity (Wildman–Crippen MR) is 103 cm³/mol. The lowest BCUT2D eigenvalue weighted by Crippen LogP contribution is -2.12. The molecule has 1 aromatic carbocycles. The van der Waals surface area contributed by atoms with Gasteiger partial charge in [0.25, 0.3) is 0 Å². The molecule has 0 aliphatic rings. The van der Waals surface area contributed by atoms with Crippen molar-refractivity contribution in [3.05, 3.63) is 68.9 Å². The summed E-state index contributed by atoms with van der Waals surface area (Å²) in [7, 11) is 0. The molecule has 0 saturated heterocycles. The first-order valence-corrected chi connectivity index (χ1v) is 9.98. The smallest absolute Gasteiger partial charge is 0.302 e. The average Bonchev–Trinajstić information content (AvgIpc) is 3.31. The fourth-order valence-electron chi connectivity index (χ4n) is 2.48. The van der Waals surface area contributed by atoms with Crippen molar-refractivity contribution in [2.24, 2.45) is 0 Å². The van der Waals surface area contributed by atoms with Gasteiger partial charge in [-0.1, -0.05) is 24.3 Å². The highest BCUT2D eigenvalue weighted by molar-refractivity contribution is 7.15. The Kier molecular flexibility index (Phi) is 6.25. The number of anilines is 1. The van der Waals surface area contributed by atoms with Crippen LogP contribution < -0.4 is 5.32 Å². The number of ketones is 1. The second kappa shape index (κ2) is 8.66. The third-order valence-electron chi connectivity index (χ3n) is 3.81. The number of thiophene rings is 1. The summed E-state index contributed by atoms with van der Waals surface area (Å²) in [6.07, 6.45) is -2.43. The number of amides is 1. The van der Waals surface area contributed by atoms with Crippen molar-refractivity contribution in [2.75, 3.05) is 5.32 Å². The molecule has 0 saturated carbocycles. The Hall–Kier alpha value is -2.52. The molecule has 0 aliphatic heterocycles. The second-order valence-electron chi connectivity index (χ2n) is 5.96. The maximum absolute atomic E-state index is 12.8. The lowest BCUT2D eigenvalue weighted by molar-refractivity contribution is -0.137. The van der Waals surface area contributed by atoms with E-state index in [2.05, 4.69) is 10.3 Å². The number of halogens is 3. The van der Waals surface area contributed by atoms with Crippen LogP contribution >= 0.6 is 22.7 Å². The van der Waals surface area contributed by atoms with Crippen LogP contribution in [-0.2, 0) is 17.4 Å². The van der Waals surface area contributed by atoms with Gasteiger partial charge in [-0.05, 0) is 23.1 Å². The van der Waals surface area contributed by atoms with Crippen molar-refractivity contribution in [3.63, 3.8) is 0 Å². The van der Waals surface area contributed by atoms with Gasteiger partial charge in [0.2, 0.25) is 5.91 Å². The molecule has 0 radical (unpaired) electrons. The fourth-order valence-corrected chi connectivity index (χ4v) is 4.03. The number of alkyl halides is 3. The molecule has 3 aromatic rings. The maximum Gasteiger partial charge on any atom is 0.416 e. The van der Waals surface area contributed by atoms with Crippen LogP contribution in [-0.4, -0.2) is 16.7 Å². The summed E-state index contributed by atoms with van der Waals surface area (Å²) in [5.41, 5.74) is -0.184. The zero-order valence-corrected chi connectivity index (χ0v) is 16.1. The van der Waals surface area contributed by atoms with E-state index in [9.17, 15) is 22.8 Å². The van der Waals surface area contributed by atoms with Gasteiger partial charge in [0.1, 0.15) is 0 Å². The molecule has 1 N–H and O–H groups in total. The topological polar surface area (TPSA) is 59.1 Å². The van der Waals surface area contributed by atoms with Crippen LogP contribution in [0.5, 0.6) is 0 Å². The lowest BCUT2D eigenvalue weighted by Gasteiger charge is -2.07. The molecule has 2 aromatic heterocycles. The molecule has 1 amide bonds. The first-order valence-electron chi connectivity index (χ1n) is 8.28. The van der Waals surface area contributed by atoms with Crippen LogP contribution in [0.3, 0.4) is 0 Å². The third-order valence-corrected chi connectivity index (χ3v) is 5.63. The Bertz CT molecular complexity index is 966. The van der Waals surface area contributed by atoms with Crippen molar-refractivity contribution < 1.29 is 22.8 Å². The van der Waals surface area contributed by atoms with Crippen molar-refractivity contribution in [3.8, 4) is 0 Å². The number of aromatic nitrogens is 1. The van der Waals surface area contributed by atoms with Gasteiger partial charge in [-0.2, -0.15) is 13.2 Å². The summed E-state index contributed by atoms with van der Waals surface area (Å²) in [5, 5.41) is 4.78. The maximum atomic E-state index is 12.8. The van der Waals surface area contributed by atoms with Crippen molar-refractivity contribution in [2.45, 2.75) is 25.4 Å². The summed E-state index contributed by atoms with van der Waals surface area (Å²) in [6.45, 7) is 0. The number of Topliss-reactive ketones (excluding diaryl/α,β-unsaturated/α-hetero) is 1. The minimum Gasteiger partial charge on any atom is -0.302 e. The molecule has 2 heterocycles. The summed E-state index contributed by atoms with van der Waals surface area (Å²) >= 11 is 2.53. The number of nitrogens with zero attached hydrogens (tertiary/aromatic N) is 1. The van der Waals surface area contributed by atoms with Gasteiger partial charge in [0.05, 0.1) is 10.4 Å². The van der Waals surface area contributed by atoms with Crippen molar-refractivity contribution in [1.29, 1.82) is 0 Å². The summed E-state index contributed by atoms with van der Waals surface area (Å²) in [5.74, 6) is -0.417. The van der Waals surface area contributed by atoms with E-state index in [4.69, 9.17) is 0 Å². The number of hydrogen-bond donors (Lipinski definition) is 1. The van der Waals surface area contributed by atoms with Crippen molar-refractivity contribution in [1.82, 2.24) is 4.98 Å². The van der Waals surface area contributed by atoms with E-state index in [0.717, 1.165) is 17.0 Å². The van der Waals surface area contributed by atoms with E-state index in [0.29, 0.717) is 15.6 Å². The van der Waals surface area contributed by atoms with Crippen LogP contribution in [0.25, 0.3) is 0 Å². The number of benzene rings is 1. The minimum absolute atomic E-state index is 0.0409. The molecule has 0 aliphatic carbocycles. The number of hydrogen-bond acceptors (Lipinski definition) is 5. The zero-order valence-electron chi connectivity index (χ0n) is 14.5. The molecule has 28 heavy (non-hydrogen) atoms. The van der Waals surface area contributed by atoms with E-state index in [1.165, 1.54) is 34.9 Å². The number of carbonyl (C=O) groups is 2. The zero-order chi connectivity index (χ0) is 20.1. The standard InChI is InChI=1S/C19H15F3N2O2S2/c20-19(21,22)13-4-1-3-12(9-13)10-14-11-23-18(28-14)24-17(26)7-6-15(25)16-5-2-8-27-16/h1-5,8-9,11H,6-7,10H2,(H,23,24,26). The Morgan fingerprint density at radius 1 is 1.11 bits per heavy atom. The number of thiazole rings is 1. The summed E-state index contributed by atoms with van der Waals surface area (Å²) in [4.78, 5) is 29.3. The molecule has 9 heteroatoms. The molecule has 0 bridgehead atoms. The van der Waals surface area contributed by atoms with Gasteiger partial charge >= 0.3 is 6.18 Å². The average molecular weight is 424 g/mol. The SMILES string of the molecule is O=C(CCC(=O)c1cccs1)Nc1ncc(Cc2cccc(C(F)(F)F)c2)s1. The Morgan fingerprint density at radius 3 is 2.64 bits per heavy atom. The number of rotatable bonds is 7. The van der Waals surface area contributed by atoms with E-state index >= 15 is 0 Å². The van der Waals surface area contributed by atoms with E-state index in [-0.39, 0.29) is 31.0 Å². The largest absolute Gasteiger partial charge is 0.416 e. The summed E-state index contributed by atoms with van der Waals surface area (Å²) < 4.78 is 38.4. The van der Waals surface area contributed by atoms with Gasteiger partial charge in [-0.15, -0.1) is 22.7 Å². The molecule has 0 spiro atoms. The van der Waals surface area contributed by atoms with Gasteiger partial charge in [-0.25, -0.2) is 4.98 Å². The first-order chi connectivity index (χ1) is 13.3. The van der Waals surface area contributed by atoms with Gasteiger partial charge in [-0.3, -0.25) is 9.59 Å².